The summed E-state index contributed by atoms with van der Waals surface area (Å²) in [6, 6.07) is -0.314. The molecule has 2 aliphatic carbocycles. The molecule has 20 heavy (non-hydrogen) atoms. The molecule has 3 fully saturated rings. The zero-order chi connectivity index (χ0) is 14.4. The molecule has 4 nitrogen and oxygen atoms in total. The van der Waals surface area contributed by atoms with Crippen molar-refractivity contribution in [2.45, 2.75) is 76.8 Å². The van der Waals surface area contributed by atoms with Crippen molar-refractivity contribution in [3.8, 4) is 0 Å². The van der Waals surface area contributed by atoms with Gasteiger partial charge >= 0.3 is 0 Å². The minimum Gasteiger partial charge on any atom is -0.340 e. The smallest absolute Gasteiger partial charge is 0.249 e. The van der Waals surface area contributed by atoms with Crippen molar-refractivity contribution in [3.63, 3.8) is 0 Å². The van der Waals surface area contributed by atoms with Gasteiger partial charge in [-0.25, -0.2) is 0 Å². The standard InChI is InChI=1S/C16H26N2O2/c1-12-13(19)17-16(9-5-6-10-16)14(20)18(12)11-15(2)7-3-4-8-15/h12H,3-11H2,1-2H3,(H,17,19). The van der Waals surface area contributed by atoms with E-state index in [1.165, 1.54) is 25.7 Å². The lowest BCUT2D eigenvalue weighted by Gasteiger charge is -2.46. The largest absolute Gasteiger partial charge is 0.340 e. The fraction of sp³-hybridized carbons (Fsp3) is 0.875. The molecule has 1 atom stereocenters. The minimum absolute atomic E-state index is 0.0353. The monoisotopic (exact) mass is 278 g/mol. The SMILES string of the molecule is CC1C(=O)NC2(CCCC2)C(=O)N1CC1(C)CCCC1. The number of carbonyl (C=O) groups excluding carboxylic acids is 2. The van der Waals surface area contributed by atoms with Crippen LogP contribution in [-0.4, -0.2) is 34.8 Å². The Morgan fingerprint density at radius 2 is 1.65 bits per heavy atom. The highest BCUT2D eigenvalue weighted by Crippen LogP contribution is 2.41. The van der Waals surface area contributed by atoms with Crippen LogP contribution in [0.1, 0.15) is 65.2 Å². The second-order valence-corrected chi connectivity index (χ2v) is 7.41. The molecule has 1 saturated heterocycles. The van der Waals surface area contributed by atoms with Crippen molar-refractivity contribution in [1.82, 2.24) is 10.2 Å². The number of nitrogens with zero attached hydrogens (tertiary/aromatic N) is 1. The van der Waals surface area contributed by atoms with E-state index in [4.69, 9.17) is 0 Å². The van der Waals surface area contributed by atoms with E-state index in [0.717, 1.165) is 32.2 Å². The summed E-state index contributed by atoms with van der Waals surface area (Å²) in [7, 11) is 0. The molecule has 0 bridgehead atoms. The van der Waals surface area contributed by atoms with E-state index >= 15 is 0 Å². The molecule has 3 rings (SSSR count). The van der Waals surface area contributed by atoms with Crippen molar-refractivity contribution in [3.05, 3.63) is 0 Å². The van der Waals surface area contributed by atoms with Crippen molar-refractivity contribution >= 4 is 11.8 Å². The molecule has 0 radical (unpaired) electrons. The van der Waals surface area contributed by atoms with Crippen LogP contribution < -0.4 is 5.32 Å². The molecule has 1 N–H and O–H groups in total. The number of rotatable bonds is 2. The normalized spacial score (nSPS) is 31.9. The van der Waals surface area contributed by atoms with Gasteiger partial charge in [0.1, 0.15) is 11.6 Å². The third-order valence-electron chi connectivity index (χ3n) is 5.70. The van der Waals surface area contributed by atoms with Crippen LogP contribution in [0.4, 0.5) is 0 Å². The van der Waals surface area contributed by atoms with E-state index in [2.05, 4.69) is 12.2 Å². The number of hydrogen-bond acceptors (Lipinski definition) is 2. The lowest BCUT2D eigenvalue weighted by molar-refractivity contribution is -0.155. The predicted octanol–water partition coefficient (Wildman–Crippen LogP) is 2.23. The average Bonchev–Trinajstić information content (AvgIpc) is 3.03. The van der Waals surface area contributed by atoms with Gasteiger partial charge in [-0.2, -0.15) is 0 Å². The molecule has 4 heteroatoms. The van der Waals surface area contributed by atoms with Gasteiger partial charge in [-0.3, -0.25) is 9.59 Å². The zero-order valence-corrected chi connectivity index (χ0v) is 12.7. The van der Waals surface area contributed by atoms with Gasteiger partial charge in [0.2, 0.25) is 11.8 Å². The van der Waals surface area contributed by atoms with Crippen LogP contribution >= 0.6 is 0 Å². The van der Waals surface area contributed by atoms with Gasteiger partial charge in [-0.1, -0.05) is 32.6 Å². The van der Waals surface area contributed by atoms with Crippen molar-refractivity contribution in [2.24, 2.45) is 5.41 Å². The second kappa shape index (κ2) is 4.74. The molecule has 3 aliphatic rings. The van der Waals surface area contributed by atoms with E-state index in [1.807, 2.05) is 11.8 Å². The number of carbonyl (C=O) groups is 2. The molecular weight excluding hydrogens is 252 g/mol. The van der Waals surface area contributed by atoms with Crippen LogP contribution in [0.15, 0.2) is 0 Å². The quantitative estimate of drug-likeness (QED) is 0.842. The van der Waals surface area contributed by atoms with Gasteiger partial charge < -0.3 is 10.2 Å². The Morgan fingerprint density at radius 3 is 2.25 bits per heavy atom. The van der Waals surface area contributed by atoms with E-state index in [-0.39, 0.29) is 23.3 Å². The van der Waals surface area contributed by atoms with Crippen molar-refractivity contribution in [2.75, 3.05) is 6.54 Å². The summed E-state index contributed by atoms with van der Waals surface area (Å²) in [4.78, 5) is 27.1. The fourth-order valence-corrected chi connectivity index (χ4v) is 4.31. The number of piperazine rings is 1. The summed E-state index contributed by atoms with van der Waals surface area (Å²) in [5, 5.41) is 3.03. The molecule has 1 heterocycles. The first-order valence-corrected chi connectivity index (χ1v) is 8.09. The first-order chi connectivity index (χ1) is 9.46. The van der Waals surface area contributed by atoms with Gasteiger partial charge in [0.25, 0.3) is 0 Å². The Morgan fingerprint density at radius 1 is 1.10 bits per heavy atom. The van der Waals surface area contributed by atoms with Crippen LogP contribution in [0.3, 0.4) is 0 Å². The van der Waals surface area contributed by atoms with Gasteiger partial charge in [0.05, 0.1) is 0 Å². The van der Waals surface area contributed by atoms with E-state index in [1.54, 1.807) is 0 Å². The molecule has 112 valence electrons. The van der Waals surface area contributed by atoms with Crippen LogP contribution in [0, 0.1) is 5.41 Å². The summed E-state index contributed by atoms with van der Waals surface area (Å²) in [5.41, 5.74) is -0.361. The highest BCUT2D eigenvalue weighted by atomic mass is 16.2. The lowest BCUT2D eigenvalue weighted by atomic mass is 9.84. The molecule has 0 aromatic heterocycles. The molecule has 2 amide bonds. The van der Waals surface area contributed by atoms with Gasteiger partial charge in [0, 0.05) is 6.54 Å². The first kappa shape index (κ1) is 13.9. The topological polar surface area (TPSA) is 49.4 Å². The summed E-state index contributed by atoms with van der Waals surface area (Å²) in [6.07, 6.45) is 8.59. The van der Waals surface area contributed by atoms with E-state index in [9.17, 15) is 9.59 Å². The molecular formula is C16H26N2O2. The second-order valence-electron chi connectivity index (χ2n) is 7.41. The predicted molar refractivity (Wildman–Crippen MR) is 77.1 cm³/mol. The first-order valence-electron chi connectivity index (χ1n) is 8.09. The lowest BCUT2D eigenvalue weighted by Crippen LogP contribution is -2.69. The summed E-state index contributed by atoms with van der Waals surface area (Å²) in [6.45, 7) is 4.89. The molecule has 1 unspecified atom stereocenters. The molecule has 2 saturated carbocycles. The summed E-state index contributed by atoms with van der Waals surface area (Å²) < 4.78 is 0. The maximum Gasteiger partial charge on any atom is 0.249 e. The van der Waals surface area contributed by atoms with E-state index < -0.39 is 5.54 Å². The Hall–Kier alpha value is -1.06. The third-order valence-corrected chi connectivity index (χ3v) is 5.70. The van der Waals surface area contributed by atoms with Gasteiger partial charge in [-0.05, 0) is 38.0 Å². The Bertz CT molecular complexity index is 420. The molecule has 0 aromatic rings. The van der Waals surface area contributed by atoms with Crippen LogP contribution in [0.25, 0.3) is 0 Å². The molecule has 1 aliphatic heterocycles. The number of amides is 2. The molecule has 0 aromatic carbocycles. The highest BCUT2D eigenvalue weighted by Gasteiger charge is 2.52. The third kappa shape index (κ3) is 2.13. The molecule has 1 spiro atoms. The maximum atomic E-state index is 12.9. The Kier molecular flexibility index (Phi) is 3.30. The highest BCUT2D eigenvalue weighted by molar-refractivity contribution is 5.99. The van der Waals surface area contributed by atoms with Crippen LogP contribution in [0.2, 0.25) is 0 Å². The van der Waals surface area contributed by atoms with Gasteiger partial charge in [-0.15, -0.1) is 0 Å². The number of nitrogens with one attached hydrogen (secondary N) is 1. The van der Waals surface area contributed by atoms with Crippen LogP contribution in [-0.2, 0) is 9.59 Å². The minimum atomic E-state index is -0.571. The van der Waals surface area contributed by atoms with Crippen molar-refractivity contribution in [1.29, 1.82) is 0 Å². The van der Waals surface area contributed by atoms with Crippen LogP contribution in [0.5, 0.6) is 0 Å². The summed E-state index contributed by atoms with van der Waals surface area (Å²) >= 11 is 0. The maximum absolute atomic E-state index is 12.9. The van der Waals surface area contributed by atoms with E-state index in [0.29, 0.717) is 0 Å². The van der Waals surface area contributed by atoms with Gasteiger partial charge in [0.15, 0.2) is 0 Å². The van der Waals surface area contributed by atoms with Crippen molar-refractivity contribution < 1.29 is 9.59 Å². The fourth-order valence-electron chi connectivity index (χ4n) is 4.31. The number of hydrogen-bond donors (Lipinski definition) is 1. The summed E-state index contributed by atoms with van der Waals surface area (Å²) in [5.74, 6) is 0.211. The Balaban J connectivity index is 1.83. The average molecular weight is 278 g/mol. The zero-order valence-electron chi connectivity index (χ0n) is 12.7. The Labute approximate surface area is 121 Å².